The second-order valence-electron chi connectivity index (χ2n) is 5.97. The van der Waals surface area contributed by atoms with Crippen LogP contribution < -0.4 is 20.7 Å². The lowest BCUT2D eigenvalue weighted by molar-refractivity contribution is -0.153. The van der Waals surface area contributed by atoms with Gasteiger partial charge in [-0.25, -0.2) is 0 Å². The summed E-state index contributed by atoms with van der Waals surface area (Å²) in [6.07, 6.45) is -2.40. The third kappa shape index (κ3) is 9.68. The van der Waals surface area contributed by atoms with Gasteiger partial charge in [-0.3, -0.25) is 9.79 Å². The van der Waals surface area contributed by atoms with Crippen molar-refractivity contribution in [2.45, 2.75) is 25.6 Å². The first-order valence-corrected chi connectivity index (χ1v) is 8.38. The predicted octanol–water partition coefficient (Wildman–Crippen LogP) is 2.44. The van der Waals surface area contributed by atoms with Crippen LogP contribution in [0.15, 0.2) is 29.3 Å². The number of guanidine groups is 1. The highest BCUT2D eigenvalue weighted by molar-refractivity contribution is 14.0. The third-order valence-corrected chi connectivity index (χ3v) is 3.67. The van der Waals surface area contributed by atoms with E-state index in [-0.39, 0.29) is 41.6 Å². The van der Waals surface area contributed by atoms with E-state index < -0.39 is 12.8 Å². The number of ether oxygens (including phenoxy) is 1. The molecule has 0 aliphatic heterocycles. The molecule has 0 aromatic heterocycles. The highest BCUT2D eigenvalue weighted by Crippen LogP contribution is 2.28. The van der Waals surface area contributed by atoms with E-state index in [1.807, 2.05) is 0 Å². The number of carbonyl (C=O) groups is 1. The molecule has 152 valence electrons. The number of amides is 1. The smallest absolute Gasteiger partial charge is 0.422 e. The minimum atomic E-state index is -4.35. The van der Waals surface area contributed by atoms with Crippen molar-refractivity contribution in [3.05, 3.63) is 29.8 Å². The molecule has 1 saturated carbocycles. The molecule has 10 heteroatoms. The summed E-state index contributed by atoms with van der Waals surface area (Å²) >= 11 is 0. The zero-order valence-corrected chi connectivity index (χ0v) is 17.3. The highest BCUT2D eigenvalue weighted by Gasteiger charge is 2.29. The lowest BCUT2D eigenvalue weighted by Crippen LogP contribution is -2.41. The van der Waals surface area contributed by atoms with Gasteiger partial charge in [0, 0.05) is 32.6 Å². The summed E-state index contributed by atoms with van der Waals surface area (Å²) in [4.78, 5) is 15.6. The van der Waals surface area contributed by atoms with E-state index in [0.717, 1.165) is 18.4 Å². The van der Waals surface area contributed by atoms with Crippen LogP contribution in [0.2, 0.25) is 0 Å². The second kappa shape index (κ2) is 11.2. The maximum atomic E-state index is 12.1. The number of rotatable bonds is 8. The van der Waals surface area contributed by atoms with E-state index in [2.05, 4.69) is 25.7 Å². The fourth-order valence-corrected chi connectivity index (χ4v) is 2.13. The SMILES string of the molecule is CN=C(NCCNC(=O)C1CC1)NCc1ccc(OCC(F)(F)F)cc1.I. The molecule has 27 heavy (non-hydrogen) atoms. The Morgan fingerprint density at radius 2 is 1.78 bits per heavy atom. The summed E-state index contributed by atoms with van der Waals surface area (Å²) in [5.74, 6) is 1.03. The van der Waals surface area contributed by atoms with Crippen molar-refractivity contribution in [1.82, 2.24) is 16.0 Å². The fraction of sp³-hybridized carbons (Fsp3) is 0.529. The summed E-state index contributed by atoms with van der Waals surface area (Å²) < 4.78 is 41.0. The quantitative estimate of drug-likeness (QED) is 0.222. The average Bonchev–Trinajstić information content (AvgIpc) is 3.44. The molecule has 1 aromatic carbocycles. The summed E-state index contributed by atoms with van der Waals surface area (Å²) in [5.41, 5.74) is 0.870. The molecule has 1 fully saturated rings. The summed E-state index contributed by atoms with van der Waals surface area (Å²) in [6.45, 7) is 0.204. The maximum absolute atomic E-state index is 12.1. The number of benzene rings is 1. The standard InChI is InChI=1S/C17H23F3N4O2.HI/c1-21-16(23-9-8-22-15(25)13-4-5-13)24-10-12-2-6-14(7-3-12)26-11-17(18,19)20;/h2-3,6-7,13H,4-5,8-11H2,1H3,(H,22,25)(H2,21,23,24);1H. The van der Waals surface area contributed by atoms with Gasteiger partial charge in [-0.1, -0.05) is 12.1 Å². The molecule has 0 atom stereocenters. The van der Waals surface area contributed by atoms with Crippen LogP contribution in [-0.4, -0.2) is 44.8 Å². The van der Waals surface area contributed by atoms with Gasteiger partial charge in [0.2, 0.25) is 5.91 Å². The Morgan fingerprint density at radius 1 is 1.15 bits per heavy atom. The first-order chi connectivity index (χ1) is 12.4. The van der Waals surface area contributed by atoms with Gasteiger partial charge in [0.25, 0.3) is 0 Å². The molecule has 0 saturated heterocycles. The van der Waals surface area contributed by atoms with Crippen molar-refractivity contribution in [3.8, 4) is 5.75 Å². The Labute approximate surface area is 173 Å². The second-order valence-corrected chi connectivity index (χ2v) is 5.97. The van der Waals surface area contributed by atoms with Crippen molar-refractivity contribution in [2.75, 3.05) is 26.7 Å². The molecule has 1 amide bonds. The summed E-state index contributed by atoms with van der Waals surface area (Å²) in [6, 6.07) is 6.35. The van der Waals surface area contributed by atoms with Crippen LogP contribution in [0, 0.1) is 5.92 Å². The Morgan fingerprint density at radius 3 is 2.33 bits per heavy atom. The zero-order chi connectivity index (χ0) is 19.0. The number of nitrogens with one attached hydrogen (secondary N) is 3. The van der Waals surface area contributed by atoms with Gasteiger partial charge in [0.05, 0.1) is 0 Å². The molecule has 2 rings (SSSR count). The van der Waals surface area contributed by atoms with Gasteiger partial charge in [-0.15, -0.1) is 24.0 Å². The van der Waals surface area contributed by atoms with Crippen molar-refractivity contribution >= 4 is 35.8 Å². The van der Waals surface area contributed by atoms with E-state index in [0.29, 0.717) is 25.6 Å². The van der Waals surface area contributed by atoms with Gasteiger partial charge in [-0.2, -0.15) is 13.2 Å². The number of carbonyl (C=O) groups excluding carboxylic acids is 1. The molecule has 1 aliphatic rings. The largest absolute Gasteiger partial charge is 0.484 e. The van der Waals surface area contributed by atoms with Crippen molar-refractivity contribution in [1.29, 1.82) is 0 Å². The minimum Gasteiger partial charge on any atom is -0.484 e. The van der Waals surface area contributed by atoms with E-state index >= 15 is 0 Å². The Bertz CT molecular complexity index is 620. The Balaban J connectivity index is 0.00000364. The number of alkyl halides is 3. The highest BCUT2D eigenvalue weighted by atomic mass is 127. The molecule has 0 unspecified atom stereocenters. The molecule has 1 aromatic rings. The summed E-state index contributed by atoms with van der Waals surface area (Å²) in [5, 5.41) is 9.02. The Hall–Kier alpha value is -1.72. The van der Waals surface area contributed by atoms with Crippen LogP contribution in [0.4, 0.5) is 13.2 Å². The average molecular weight is 500 g/mol. The van der Waals surface area contributed by atoms with Crippen molar-refractivity contribution in [2.24, 2.45) is 10.9 Å². The van der Waals surface area contributed by atoms with Gasteiger partial charge >= 0.3 is 6.18 Å². The fourth-order valence-electron chi connectivity index (χ4n) is 2.13. The first kappa shape index (κ1) is 23.3. The predicted molar refractivity (Wildman–Crippen MR) is 107 cm³/mol. The monoisotopic (exact) mass is 500 g/mol. The lowest BCUT2D eigenvalue weighted by Gasteiger charge is -2.13. The van der Waals surface area contributed by atoms with E-state index in [1.54, 1.807) is 19.2 Å². The number of hydrogen-bond acceptors (Lipinski definition) is 3. The third-order valence-electron chi connectivity index (χ3n) is 3.67. The van der Waals surface area contributed by atoms with Crippen LogP contribution in [0.25, 0.3) is 0 Å². The minimum absolute atomic E-state index is 0. The normalized spacial score (nSPS) is 14.1. The zero-order valence-electron chi connectivity index (χ0n) is 14.9. The maximum Gasteiger partial charge on any atom is 0.422 e. The van der Waals surface area contributed by atoms with Gasteiger partial charge < -0.3 is 20.7 Å². The lowest BCUT2D eigenvalue weighted by atomic mass is 10.2. The molecule has 6 nitrogen and oxygen atoms in total. The van der Waals surface area contributed by atoms with Crippen LogP contribution in [0.3, 0.4) is 0 Å². The van der Waals surface area contributed by atoms with E-state index in [9.17, 15) is 18.0 Å². The van der Waals surface area contributed by atoms with Crippen molar-refractivity contribution < 1.29 is 22.7 Å². The summed E-state index contributed by atoms with van der Waals surface area (Å²) in [7, 11) is 1.63. The van der Waals surface area contributed by atoms with Gasteiger partial charge in [0.15, 0.2) is 12.6 Å². The number of aliphatic imine (C=N–C) groups is 1. The van der Waals surface area contributed by atoms with Crippen molar-refractivity contribution in [3.63, 3.8) is 0 Å². The van der Waals surface area contributed by atoms with Crippen LogP contribution in [0.1, 0.15) is 18.4 Å². The van der Waals surface area contributed by atoms with Crippen LogP contribution >= 0.6 is 24.0 Å². The van der Waals surface area contributed by atoms with E-state index in [4.69, 9.17) is 0 Å². The number of nitrogens with zero attached hydrogens (tertiary/aromatic N) is 1. The topological polar surface area (TPSA) is 74.8 Å². The molecular weight excluding hydrogens is 476 g/mol. The number of hydrogen-bond donors (Lipinski definition) is 3. The van der Waals surface area contributed by atoms with Gasteiger partial charge in [0.1, 0.15) is 5.75 Å². The molecule has 3 N–H and O–H groups in total. The van der Waals surface area contributed by atoms with E-state index in [1.165, 1.54) is 12.1 Å². The first-order valence-electron chi connectivity index (χ1n) is 8.38. The Kier molecular flexibility index (Phi) is 9.67. The molecular formula is C17H24F3IN4O2. The van der Waals surface area contributed by atoms with Gasteiger partial charge in [-0.05, 0) is 30.5 Å². The molecule has 0 heterocycles. The molecule has 0 radical (unpaired) electrons. The molecule has 0 spiro atoms. The van der Waals surface area contributed by atoms with Crippen LogP contribution in [0.5, 0.6) is 5.75 Å². The molecule has 1 aliphatic carbocycles. The van der Waals surface area contributed by atoms with Crippen LogP contribution in [-0.2, 0) is 11.3 Å². The number of halogens is 4. The molecule has 0 bridgehead atoms.